The van der Waals surface area contributed by atoms with Gasteiger partial charge >= 0.3 is 0 Å². The summed E-state index contributed by atoms with van der Waals surface area (Å²) in [4.78, 5) is 11.5. The molecule has 4 atom stereocenters. The van der Waals surface area contributed by atoms with E-state index in [1.165, 1.54) is 0 Å². The molecule has 2 fully saturated rings. The number of hydrogen-bond donors (Lipinski definition) is 1. The summed E-state index contributed by atoms with van der Waals surface area (Å²) >= 11 is 0. The molecule has 0 aromatic heterocycles. The Hall–Kier alpha value is -0.450. The average Bonchev–Trinajstić information content (AvgIpc) is 1.96. The molecule has 0 unspecified atom stereocenters. The summed E-state index contributed by atoms with van der Waals surface area (Å²) in [5, 5.41) is 9.70. The first-order valence-electron chi connectivity index (χ1n) is 5.54. The van der Waals surface area contributed by atoms with Gasteiger partial charge in [-0.2, -0.15) is 0 Å². The fourth-order valence-electron chi connectivity index (χ4n) is 2.62. The van der Waals surface area contributed by atoms with Gasteiger partial charge in [0.2, 0.25) is 0 Å². The Morgan fingerprint density at radius 3 is 2.60 bits per heavy atom. The maximum Gasteiger partial charge on any atom is 0.178 e. The summed E-state index contributed by atoms with van der Waals surface area (Å²) < 4.78 is 11.4. The molecular weight excluding hydrogens is 196 g/mol. The lowest BCUT2D eigenvalue weighted by atomic mass is 9.91. The number of Topliss-reactive ketones (excluding diaryl/α,β-unsaturated/α-hetero) is 1. The Bertz CT molecular complexity index is 248. The molecule has 0 aliphatic carbocycles. The zero-order valence-electron chi connectivity index (χ0n) is 9.23. The molecule has 2 rings (SSSR count). The lowest BCUT2D eigenvalue weighted by Crippen LogP contribution is -2.52. The quantitative estimate of drug-likeness (QED) is 0.654. The molecule has 0 aromatic rings. The smallest absolute Gasteiger partial charge is 0.178 e. The number of carbonyl (C=O) groups is 1. The molecule has 2 aliphatic heterocycles. The van der Waals surface area contributed by atoms with Crippen molar-refractivity contribution >= 4 is 5.78 Å². The molecule has 0 radical (unpaired) electrons. The van der Waals surface area contributed by atoms with Crippen LogP contribution in [0.2, 0.25) is 0 Å². The minimum Gasteiger partial charge on any atom is -0.393 e. The third kappa shape index (κ3) is 2.38. The molecule has 0 bridgehead atoms. The molecule has 15 heavy (non-hydrogen) atoms. The number of aliphatic hydroxyl groups excluding tert-OH is 1. The van der Waals surface area contributed by atoms with Crippen LogP contribution in [0.1, 0.15) is 39.5 Å². The largest absolute Gasteiger partial charge is 0.393 e. The highest BCUT2D eigenvalue weighted by molar-refractivity contribution is 5.80. The zero-order valence-corrected chi connectivity index (χ0v) is 9.23. The summed E-state index contributed by atoms with van der Waals surface area (Å²) in [6.07, 6.45) is 1.18. The fraction of sp³-hybridized carbons (Fsp3) is 0.909. The minimum atomic E-state index is -0.855. The molecule has 4 heteroatoms. The van der Waals surface area contributed by atoms with E-state index >= 15 is 0 Å². The van der Waals surface area contributed by atoms with Crippen molar-refractivity contribution < 1.29 is 19.4 Å². The van der Waals surface area contributed by atoms with Gasteiger partial charge in [-0.25, -0.2) is 0 Å². The number of ether oxygens (including phenoxy) is 2. The van der Waals surface area contributed by atoms with Gasteiger partial charge in [0.25, 0.3) is 0 Å². The highest BCUT2D eigenvalue weighted by atomic mass is 16.7. The maximum atomic E-state index is 11.5. The van der Waals surface area contributed by atoms with E-state index in [4.69, 9.17) is 9.47 Å². The van der Waals surface area contributed by atoms with Crippen LogP contribution in [0.5, 0.6) is 0 Å². The Balaban J connectivity index is 2.13. The van der Waals surface area contributed by atoms with Crippen molar-refractivity contribution in [2.24, 2.45) is 0 Å². The predicted octanol–water partition coefficient (Wildman–Crippen LogP) is 1.01. The van der Waals surface area contributed by atoms with E-state index in [9.17, 15) is 9.90 Å². The topological polar surface area (TPSA) is 55.8 Å². The molecule has 4 nitrogen and oxygen atoms in total. The number of hydrogen-bond acceptors (Lipinski definition) is 4. The van der Waals surface area contributed by atoms with Gasteiger partial charge in [-0.1, -0.05) is 0 Å². The monoisotopic (exact) mass is 214 g/mol. The number of rotatable bonds is 0. The van der Waals surface area contributed by atoms with E-state index in [0.29, 0.717) is 19.3 Å². The van der Waals surface area contributed by atoms with Crippen LogP contribution in [0.3, 0.4) is 0 Å². The van der Waals surface area contributed by atoms with Crippen molar-refractivity contribution in [1.82, 2.24) is 0 Å². The first-order valence-corrected chi connectivity index (χ1v) is 5.54. The third-order valence-corrected chi connectivity index (χ3v) is 2.96. The minimum absolute atomic E-state index is 0.0492. The van der Waals surface area contributed by atoms with Crippen LogP contribution in [0.4, 0.5) is 0 Å². The standard InChI is InChI=1S/C11H18O4/c1-7-3-9(12)5-11(14-7)6-10(13)4-8(2)15-11/h7-9,12H,3-6H2,1-2H3/t7-,8-,9+,11-/m1/s1. The summed E-state index contributed by atoms with van der Waals surface area (Å²) in [5.74, 6) is -0.693. The maximum absolute atomic E-state index is 11.5. The molecule has 2 aliphatic rings. The Kier molecular flexibility index (Phi) is 2.83. The van der Waals surface area contributed by atoms with Crippen LogP contribution in [0.25, 0.3) is 0 Å². The Morgan fingerprint density at radius 1 is 1.33 bits per heavy atom. The lowest BCUT2D eigenvalue weighted by molar-refractivity contribution is -0.313. The second-order valence-corrected chi connectivity index (χ2v) is 4.78. The van der Waals surface area contributed by atoms with Crippen LogP contribution in [-0.2, 0) is 14.3 Å². The average molecular weight is 214 g/mol. The number of aliphatic hydroxyl groups is 1. The van der Waals surface area contributed by atoms with Gasteiger partial charge in [-0.3, -0.25) is 4.79 Å². The van der Waals surface area contributed by atoms with E-state index in [0.717, 1.165) is 0 Å². The molecule has 1 N–H and O–H groups in total. The van der Waals surface area contributed by atoms with Crippen LogP contribution in [-0.4, -0.2) is 35.0 Å². The molecule has 1 spiro atoms. The van der Waals surface area contributed by atoms with E-state index in [-0.39, 0.29) is 24.4 Å². The Labute approximate surface area is 89.6 Å². The summed E-state index contributed by atoms with van der Waals surface area (Å²) in [5.41, 5.74) is 0. The first-order chi connectivity index (χ1) is 6.99. The van der Waals surface area contributed by atoms with Gasteiger partial charge in [-0.15, -0.1) is 0 Å². The molecule has 2 saturated heterocycles. The fourth-order valence-corrected chi connectivity index (χ4v) is 2.62. The van der Waals surface area contributed by atoms with Gasteiger partial charge in [0.1, 0.15) is 5.78 Å². The molecule has 2 heterocycles. The lowest BCUT2D eigenvalue weighted by Gasteiger charge is -2.45. The second kappa shape index (κ2) is 3.85. The summed E-state index contributed by atoms with van der Waals surface area (Å²) in [6, 6.07) is 0. The van der Waals surface area contributed by atoms with E-state index < -0.39 is 11.9 Å². The molecule has 0 amide bonds. The highest BCUT2D eigenvalue weighted by Crippen LogP contribution is 2.37. The van der Waals surface area contributed by atoms with Crippen molar-refractivity contribution in [3.8, 4) is 0 Å². The van der Waals surface area contributed by atoms with Gasteiger partial charge in [0, 0.05) is 12.8 Å². The third-order valence-electron chi connectivity index (χ3n) is 2.96. The zero-order chi connectivity index (χ0) is 11.1. The SMILES string of the molecule is C[C@@H]1CC(=O)C[C@@]2(C[C@@H](O)C[C@@H](C)O2)O1. The predicted molar refractivity (Wildman–Crippen MR) is 53.3 cm³/mol. The van der Waals surface area contributed by atoms with Crippen molar-refractivity contribution in [2.75, 3.05) is 0 Å². The van der Waals surface area contributed by atoms with E-state index in [1.54, 1.807) is 0 Å². The normalized spacial score (nSPS) is 47.1. The summed E-state index contributed by atoms with van der Waals surface area (Å²) in [7, 11) is 0. The summed E-state index contributed by atoms with van der Waals surface area (Å²) in [6.45, 7) is 3.77. The molecule has 0 aromatic carbocycles. The van der Waals surface area contributed by atoms with Crippen molar-refractivity contribution in [3.63, 3.8) is 0 Å². The van der Waals surface area contributed by atoms with Crippen LogP contribution >= 0.6 is 0 Å². The van der Waals surface area contributed by atoms with Gasteiger partial charge in [0.05, 0.1) is 24.7 Å². The molecular formula is C11H18O4. The number of carbonyl (C=O) groups excluding carboxylic acids is 1. The van der Waals surface area contributed by atoms with Crippen molar-refractivity contribution in [1.29, 1.82) is 0 Å². The van der Waals surface area contributed by atoms with E-state index in [1.807, 2.05) is 13.8 Å². The van der Waals surface area contributed by atoms with Gasteiger partial charge in [-0.05, 0) is 20.3 Å². The highest BCUT2D eigenvalue weighted by Gasteiger charge is 2.46. The van der Waals surface area contributed by atoms with Crippen molar-refractivity contribution in [2.45, 2.75) is 63.6 Å². The van der Waals surface area contributed by atoms with Crippen LogP contribution in [0.15, 0.2) is 0 Å². The second-order valence-electron chi connectivity index (χ2n) is 4.78. The van der Waals surface area contributed by atoms with E-state index in [2.05, 4.69) is 0 Å². The number of ketones is 1. The van der Waals surface area contributed by atoms with Gasteiger partial charge < -0.3 is 14.6 Å². The Morgan fingerprint density at radius 2 is 2.00 bits per heavy atom. The van der Waals surface area contributed by atoms with Crippen LogP contribution in [0, 0.1) is 0 Å². The molecule has 0 saturated carbocycles. The van der Waals surface area contributed by atoms with Crippen molar-refractivity contribution in [3.05, 3.63) is 0 Å². The molecule has 86 valence electrons. The first kappa shape index (κ1) is 11.0. The van der Waals surface area contributed by atoms with Crippen LogP contribution < -0.4 is 0 Å². The van der Waals surface area contributed by atoms with Gasteiger partial charge in [0.15, 0.2) is 5.79 Å².